The number of hydrogen-bond donors (Lipinski definition) is 1. The highest BCUT2D eigenvalue weighted by molar-refractivity contribution is 5.26. The van der Waals surface area contributed by atoms with Gasteiger partial charge in [-0.15, -0.1) is 0 Å². The number of rotatable bonds is 9. The lowest BCUT2D eigenvalue weighted by atomic mass is 10.0. The molecular weight excluding hydrogens is 224 g/mol. The Kier molecular flexibility index (Phi) is 7.42. The number of pyridine rings is 1. The van der Waals surface area contributed by atoms with Gasteiger partial charge < -0.3 is 10.1 Å². The number of unbranched alkanes of at least 4 members (excludes halogenated alkanes) is 1. The first kappa shape index (κ1) is 15.0. The van der Waals surface area contributed by atoms with Gasteiger partial charge in [-0.2, -0.15) is 0 Å². The molecule has 0 aliphatic carbocycles. The maximum atomic E-state index is 5.52. The highest BCUT2D eigenvalue weighted by atomic mass is 16.5. The lowest BCUT2D eigenvalue weighted by Crippen LogP contribution is -2.22. The van der Waals surface area contributed by atoms with E-state index < -0.39 is 0 Å². The van der Waals surface area contributed by atoms with Gasteiger partial charge in [0.2, 0.25) is 0 Å². The van der Waals surface area contributed by atoms with Crippen LogP contribution in [0.25, 0.3) is 0 Å². The fourth-order valence-electron chi connectivity index (χ4n) is 1.99. The first-order valence-electron chi connectivity index (χ1n) is 7.12. The van der Waals surface area contributed by atoms with Crippen molar-refractivity contribution in [1.29, 1.82) is 0 Å². The molecule has 1 N–H and O–H groups in total. The minimum Gasteiger partial charge on any atom is -0.492 e. The van der Waals surface area contributed by atoms with E-state index in [4.69, 9.17) is 4.74 Å². The van der Waals surface area contributed by atoms with Crippen LogP contribution in [0.1, 0.15) is 58.1 Å². The fourth-order valence-corrected chi connectivity index (χ4v) is 1.99. The molecule has 1 aromatic rings. The van der Waals surface area contributed by atoms with Crippen molar-refractivity contribution in [3.05, 3.63) is 24.0 Å². The van der Waals surface area contributed by atoms with E-state index in [-0.39, 0.29) is 0 Å². The Labute approximate surface area is 111 Å². The van der Waals surface area contributed by atoms with E-state index >= 15 is 0 Å². The number of ether oxygens (including phenoxy) is 1. The van der Waals surface area contributed by atoms with Gasteiger partial charge in [0.15, 0.2) is 0 Å². The predicted molar refractivity (Wildman–Crippen MR) is 76.0 cm³/mol. The van der Waals surface area contributed by atoms with Crippen LogP contribution in [0.3, 0.4) is 0 Å². The minimum absolute atomic E-state index is 0.401. The first-order valence-corrected chi connectivity index (χ1v) is 7.12. The van der Waals surface area contributed by atoms with Gasteiger partial charge in [-0.25, -0.2) is 0 Å². The summed E-state index contributed by atoms with van der Waals surface area (Å²) in [4.78, 5) is 4.28. The number of hydrogen-bond acceptors (Lipinski definition) is 3. The molecule has 0 aliphatic rings. The highest BCUT2D eigenvalue weighted by Gasteiger charge is 2.11. The Morgan fingerprint density at radius 2 is 2.06 bits per heavy atom. The fraction of sp³-hybridized carbons (Fsp3) is 0.667. The molecule has 0 radical (unpaired) electrons. The van der Waals surface area contributed by atoms with E-state index in [1.54, 1.807) is 6.20 Å². The van der Waals surface area contributed by atoms with Crippen molar-refractivity contribution in [1.82, 2.24) is 10.3 Å². The van der Waals surface area contributed by atoms with E-state index in [0.717, 1.165) is 25.1 Å². The molecule has 0 spiro atoms. The molecule has 1 aromatic heterocycles. The SMILES string of the molecule is CCCCC(NCCC)c1cncc(OCC)c1. The number of nitrogens with one attached hydrogen (secondary N) is 1. The van der Waals surface area contributed by atoms with Gasteiger partial charge in [0.25, 0.3) is 0 Å². The van der Waals surface area contributed by atoms with Gasteiger partial charge in [-0.1, -0.05) is 26.7 Å². The summed E-state index contributed by atoms with van der Waals surface area (Å²) in [7, 11) is 0. The van der Waals surface area contributed by atoms with Crippen molar-refractivity contribution in [2.45, 2.75) is 52.5 Å². The molecule has 1 unspecified atom stereocenters. The predicted octanol–water partition coefficient (Wildman–Crippen LogP) is 3.71. The van der Waals surface area contributed by atoms with Crippen molar-refractivity contribution in [2.24, 2.45) is 0 Å². The topological polar surface area (TPSA) is 34.2 Å². The molecule has 0 fully saturated rings. The molecule has 1 rings (SSSR count). The second-order valence-corrected chi connectivity index (χ2v) is 4.54. The van der Waals surface area contributed by atoms with Gasteiger partial charge >= 0.3 is 0 Å². The lowest BCUT2D eigenvalue weighted by Gasteiger charge is -2.19. The third kappa shape index (κ3) is 5.05. The molecule has 1 atom stereocenters. The third-order valence-electron chi connectivity index (χ3n) is 2.93. The molecule has 3 nitrogen and oxygen atoms in total. The summed E-state index contributed by atoms with van der Waals surface area (Å²) < 4.78 is 5.52. The van der Waals surface area contributed by atoms with E-state index in [2.05, 4.69) is 30.2 Å². The van der Waals surface area contributed by atoms with E-state index in [0.29, 0.717) is 12.6 Å². The van der Waals surface area contributed by atoms with Crippen LogP contribution in [0, 0.1) is 0 Å². The average Bonchev–Trinajstić information content (AvgIpc) is 2.40. The van der Waals surface area contributed by atoms with Crippen LogP contribution in [-0.2, 0) is 0 Å². The van der Waals surface area contributed by atoms with E-state index in [1.807, 2.05) is 13.1 Å². The normalized spacial score (nSPS) is 12.4. The van der Waals surface area contributed by atoms with Gasteiger partial charge in [0, 0.05) is 12.2 Å². The summed E-state index contributed by atoms with van der Waals surface area (Å²) in [6.07, 6.45) is 8.51. The van der Waals surface area contributed by atoms with E-state index in [1.165, 1.54) is 18.4 Å². The Morgan fingerprint density at radius 3 is 2.72 bits per heavy atom. The monoisotopic (exact) mass is 250 g/mol. The zero-order valence-electron chi connectivity index (χ0n) is 11.9. The number of aromatic nitrogens is 1. The van der Waals surface area contributed by atoms with Gasteiger partial charge in [-0.3, -0.25) is 4.98 Å². The van der Waals surface area contributed by atoms with Crippen LogP contribution >= 0.6 is 0 Å². The molecule has 3 heteroatoms. The Bertz CT molecular complexity index is 320. The standard InChI is InChI=1S/C15H26N2O/c1-4-7-8-15(17-9-5-2)13-10-14(18-6-3)12-16-11-13/h10-12,15,17H,4-9H2,1-3H3. The van der Waals surface area contributed by atoms with Crippen molar-refractivity contribution in [2.75, 3.05) is 13.2 Å². The van der Waals surface area contributed by atoms with Crippen molar-refractivity contribution in [3.8, 4) is 5.75 Å². The largest absolute Gasteiger partial charge is 0.492 e. The molecule has 0 saturated carbocycles. The highest BCUT2D eigenvalue weighted by Crippen LogP contribution is 2.22. The van der Waals surface area contributed by atoms with Crippen molar-refractivity contribution < 1.29 is 4.74 Å². The summed E-state index contributed by atoms with van der Waals surface area (Å²) in [6.45, 7) is 8.15. The quantitative estimate of drug-likeness (QED) is 0.725. The second kappa shape index (κ2) is 8.92. The van der Waals surface area contributed by atoms with Crippen molar-refractivity contribution in [3.63, 3.8) is 0 Å². The summed E-state index contributed by atoms with van der Waals surface area (Å²) in [5.41, 5.74) is 1.24. The van der Waals surface area contributed by atoms with Gasteiger partial charge in [0.05, 0.1) is 12.8 Å². The maximum Gasteiger partial charge on any atom is 0.137 e. The van der Waals surface area contributed by atoms with Crippen LogP contribution in [0.15, 0.2) is 18.5 Å². The Morgan fingerprint density at radius 1 is 1.22 bits per heavy atom. The summed E-state index contributed by atoms with van der Waals surface area (Å²) >= 11 is 0. The summed E-state index contributed by atoms with van der Waals surface area (Å²) in [5, 5.41) is 3.59. The smallest absolute Gasteiger partial charge is 0.137 e. The Hall–Kier alpha value is -1.09. The molecule has 1 heterocycles. The van der Waals surface area contributed by atoms with Crippen LogP contribution in [0.2, 0.25) is 0 Å². The Balaban J connectivity index is 2.72. The van der Waals surface area contributed by atoms with Crippen LogP contribution in [0.4, 0.5) is 0 Å². The summed E-state index contributed by atoms with van der Waals surface area (Å²) in [6, 6.07) is 2.51. The minimum atomic E-state index is 0.401. The number of nitrogens with zero attached hydrogens (tertiary/aromatic N) is 1. The molecule has 0 saturated heterocycles. The first-order chi connectivity index (χ1) is 8.81. The van der Waals surface area contributed by atoms with Crippen LogP contribution in [-0.4, -0.2) is 18.1 Å². The lowest BCUT2D eigenvalue weighted by molar-refractivity contribution is 0.337. The second-order valence-electron chi connectivity index (χ2n) is 4.54. The van der Waals surface area contributed by atoms with Gasteiger partial charge in [-0.05, 0) is 37.9 Å². The third-order valence-corrected chi connectivity index (χ3v) is 2.93. The molecule has 0 bridgehead atoms. The molecule has 0 amide bonds. The molecule has 0 aromatic carbocycles. The van der Waals surface area contributed by atoms with Gasteiger partial charge in [0.1, 0.15) is 5.75 Å². The average molecular weight is 250 g/mol. The van der Waals surface area contributed by atoms with E-state index in [9.17, 15) is 0 Å². The van der Waals surface area contributed by atoms with Crippen LogP contribution < -0.4 is 10.1 Å². The molecule has 102 valence electrons. The van der Waals surface area contributed by atoms with Crippen LogP contribution in [0.5, 0.6) is 5.75 Å². The zero-order valence-corrected chi connectivity index (χ0v) is 11.9. The zero-order chi connectivity index (χ0) is 13.2. The summed E-state index contributed by atoms with van der Waals surface area (Å²) in [5.74, 6) is 0.870. The molecular formula is C15H26N2O. The van der Waals surface area contributed by atoms with Crippen molar-refractivity contribution >= 4 is 0 Å². The molecule has 0 aliphatic heterocycles. The molecule has 18 heavy (non-hydrogen) atoms. The maximum absolute atomic E-state index is 5.52.